The van der Waals surface area contributed by atoms with Gasteiger partial charge in [0, 0.05) is 27.8 Å². The number of benzene rings is 7. The van der Waals surface area contributed by atoms with Crippen LogP contribution in [0.1, 0.15) is 17.9 Å². The Labute approximate surface area is 322 Å². The van der Waals surface area contributed by atoms with Gasteiger partial charge in [0.25, 0.3) is 0 Å². The van der Waals surface area contributed by atoms with Crippen LogP contribution in [0.5, 0.6) is 0 Å². The maximum absolute atomic E-state index is 9.09. The maximum atomic E-state index is 9.09. The van der Waals surface area contributed by atoms with E-state index in [1.54, 1.807) is 30.3 Å². The monoisotopic (exact) mass is 728 g/mol. The van der Waals surface area contributed by atoms with Gasteiger partial charge in [-0.15, -0.1) is 0 Å². The van der Waals surface area contributed by atoms with Crippen molar-refractivity contribution in [2.75, 3.05) is 0 Å². The zero-order valence-electron chi connectivity index (χ0n) is 36.9. The number of imidazole rings is 2. The molecule has 0 amide bonds. The van der Waals surface area contributed by atoms with Crippen molar-refractivity contribution in [3.8, 4) is 5.69 Å². The minimum atomic E-state index is -4.51. The number of nitrogens with zero attached hydrogens (tertiary/aromatic N) is 3. The molecule has 7 aromatic carbocycles. The van der Waals surface area contributed by atoms with Crippen molar-refractivity contribution in [2.24, 2.45) is 0 Å². The normalized spacial score (nSPS) is 17.0. The predicted octanol–water partition coefficient (Wildman–Crippen LogP) is 7.40. The Balaban J connectivity index is 1.27. The molecule has 6 heteroatoms. The summed E-state index contributed by atoms with van der Waals surface area (Å²) in [5, 5.41) is 4.89. The highest BCUT2D eigenvalue weighted by Crippen LogP contribution is 2.34. The molecule has 1 aliphatic heterocycles. The highest BCUT2D eigenvalue weighted by Gasteiger charge is 2.46. The molecule has 0 spiro atoms. The van der Waals surface area contributed by atoms with E-state index in [-0.39, 0.29) is 5.56 Å². The summed E-state index contributed by atoms with van der Waals surface area (Å²) < 4.78 is 83.4. The van der Waals surface area contributed by atoms with Gasteiger partial charge in [-0.1, -0.05) is 158 Å². The second-order valence-corrected chi connectivity index (χ2v) is 20.7. The van der Waals surface area contributed by atoms with Crippen LogP contribution in [0.25, 0.3) is 33.5 Å². The van der Waals surface area contributed by atoms with Crippen LogP contribution in [-0.4, -0.2) is 30.1 Å². The summed E-state index contributed by atoms with van der Waals surface area (Å²) >= 11 is 1.48. The lowest BCUT2D eigenvalue weighted by Gasteiger charge is -2.40. The quantitative estimate of drug-likeness (QED) is 0.136. The smallest absolute Gasteiger partial charge is 0.220 e. The summed E-state index contributed by atoms with van der Waals surface area (Å²) in [6.07, 6.45) is 0. The number of aromatic nitrogens is 3. The first-order valence-electron chi connectivity index (χ1n) is 21.7. The zero-order chi connectivity index (χ0) is 42.5. The number of aryl methyl sites for hydroxylation is 1. The van der Waals surface area contributed by atoms with Gasteiger partial charge in [0.15, 0.2) is 8.07 Å². The molecule has 1 aliphatic rings. The summed E-state index contributed by atoms with van der Waals surface area (Å²) in [6.45, 7) is -7.93. The molecule has 0 saturated heterocycles. The van der Waals surface area contributed by atoms with E-state index in [4.69, 9.17) is 17.3 Å². The molecule has 0 aliphatic carbocycles. The molecule has 0 fully saturated rings. The van der Waals surface area contributed by atoms with Gasteiger partial charge in [-0.3, -0.25) is 8.97 Å². The third kappa shape index (κ3) is 4.41. The van der Waals surface area contributed by atoms with Crippen LogP contribution in [0.3, 0.4) is 0 Å². The van der Waals surface area contributed by atoms with Gasteiger partial charge in [0.1, 0.15) is 8.07 Å². The number of rotatable bonds is 5. The molecule has 0 atom stereocenters. The van der Waals surface area contributed by atoms with E-state index in [0.717, 1.165) is 37.5 Å². The molecule has 0 unspecified atom stereocenters. The Hall–Kier alpha value is -5.41. The van der Waals surface area contributed by atoms with E-state index in [1.165, 1.54) is 11.8 Å². The highest BCUT2D eigenvalue weighted by molar-refractivity contribution is 8.00. The fraction of sp³-hybridized carbons (Fsp3) is 0.0652. The van der Waals surface area contributed by atoms with Gasteiger partial charge in [0.05, 0.1) is 22.1 Å². The first-order chi connectivity index (χ1) is 29.2. The van der Waals surface area contributed by atoms with Gasteiger partial charge in [0.2, 0.25) is 5.78 Å². The SMILES string of the molecule is [2H]C([2H])([2H])c1cccc2c1nc1n(-c3ccc([Si](c4ccccc4)(c4ccccc4)c4cccc5c4Sc4ccccc4[Si]5(C([2H])([2H])[2H])C([2H])([2H])[2H])cc3)c3ccccc3n21. The Bertz CT molecular complexity index is 3090. The van der Waals surface area contributed by atoms with Gasteiger partial charge in [-0.25, -0.2) is 4.98 Å². The van der Waals surface area contributed by atoms with Crippen LogP contribution >= 0.6 is 11.8 Å². The van der Waals surface area contributed by atoms with Crippen LogP contribution in [0.15, 0.2) is 180 Å². The van der Waals surface area contributed by atoms with Crippen LogP contribution in [0, 0.1) is 6.85 Å². The van der Waals surface area contributed by atoms with E-state index in [0.29, 0.717) is 37.0 Å². The van der Waals surface area contributed by atoms with Crippen molar-refractivity contribution in [3.05, 3.63) is 175 Å². The average molecular weight is 729 g/mol. The van der Waals surface area contributed by atoms with Gasteiger partial charge < -0.3 is 0 Å². The van der Waals surface area contributed by atoms with E-state index in [9.17, 15) is 0 Å². The van der Waals surface area contributed by atoms with Crippen molar-refractivity contribution in [1.82, 2.24) is 14.0 Å². The lowest BCUT2D eigenvalue weighted by molar-refractivity contribution is 1.11. The van der Waals surface area contributed by atoms with Crippen molar-refractivity contribution in [2.45, 2.75) is 29.6 Å². The molecule has 0 radical (unpaired) electrons. The van der Waals surface area contributed by atoms with Crippen molar-refractivity contribution < 1.29 is 12.3 Å². The lowest BCUT2D eigenvalue weighted by Crippen LogP contribution is -2.76. The van der Waals surface area contributed by atoms with Crippen molar-refractivity contribution in [3.63, 3.8) is 0 Å². The molecule has 10 rings (SSSR count). The Kier molecular flexibility index (Phi) is 5.28. The van der Waals surface area contributed by atoms with E-state index >= 15 is 0 Å². The highest BCUT2D eigenvalue weighted by atomic mass is 32.2. The topological polar surface area (TPSA) is 22.2 Å². The van der Waals surface area contributed by atoms with E-state index in [1.807, 2.05) is 89.3 Å². The van der Waals surface area contributed by atoms with Gasteiger partial charge >= 0.3 is 0 Å². The van der Waals surface area contributed by atoms with Crippen LogP contribution in [0.4, 0.5) is 0 Å². The second kappa shape index (κ2) is 11.8. The second-order valence-electron chi connectivity index (χ2n) is 13.3. The van der Waals surface area contributed by atoms with Crippen molar-refractivity contribution in [1.29, 1.82) is 0 Å². The Morgan fingerprint density at radius 1 is 0.577 bits per heavy atom. The Morgan fingerprint density at radius 3 is 1.92 bits per heavy atom. The summed E-state index contributed by atoms with van der Waals surface area (Å²) in [4.78, 5) is 6.38. The standard InChI is InChI=1S/C46H37N3SSi2/c1-32-16-14-23-39-44(32)47-46-48(37-21-10-11-22-38(37)49(39)46)33-28-30-36(31-29-33)52(34-17-6-4-7-18-34,35-19-8-5-9-20-35)43-27-15-26-42-45(43)50-40-24-12-13-25-41(40)51(42,2)3/h4-31H,1-3H3/i1D3,2D3,3D3. The van der Waals surface area contributed by atoms with Crippen LogP contribution < -0.4 is 31.1 Å². The third-order valence-electron chi connectivity index (χ3n) is 10.5. The molecule has 0 saturated carbocycles. The molecule has 9 aromatic rings. The molecule has 0 bridgehead atoms. The van der Waals surface area contributed by atoms with Crippen LogP contribution in [0.2, 0.25) is 13.0 Å². The van der Waals surface area contributed by atoms with Crippen molar-refractivity contribution >= 4 is 86.9 Å². The largest absolute Gasteiger partial charge is 0.278 e. The Morgan fingerprint density at radius 2 is 1.19 bits per heavy atom. The average Bonchev–Trinajstić information content (AvgIpc) is 3.78. The molecular formula is C46H37N3SSi2. The summed E-state index contributed by atoms with van der Waals surface area (Å²) in [5.41, 5.74) is 3.92. The molecule has 3 heterocycles. The lowest BCUT2D eigenvalue weighted by atomic mass is 10.2. The minimum absolute atomic E-state index is 0.192. The number of para-hydroxylation sites is 3. The number of hydrogen-bond donors (Lipinski definition) is 0. The molecular weight excluding hydrogens is 683 g/mol. The first kappa shape index (κ1) is 23.2. The first-order valence-corrected chi connectivity index (χ1v) is 22.0. The third-order valence-corrected chi connectivity index (χ3v) is 19.6. The van der Waals surface area contributed by atoms with Gasteiger partial charge in [-0.2, -0.15) is 0 Å². The molecule has 2 aromatic heterocycles. The maximum Gasteiger partial charge on any atom is 0.220 e. The fourth-order valence-corrected chi connectivity index (χ4v) is 17.8. The molecule has 52 heavy (non-hydrogen) atoms. The molecule has 3 nitrogen and oxygen atoms in total. The molecule has 250 valence electrons. The van der Waals surface area contributed by atoms with E-state index in [2.05, 4.69) is 59.2 Å². The minimum Gasteiger partial charge on any atom is -0.278 e. The summed E-state index contributed by atoms with van der Waals surface area (Å²) in [6, 6.07) is 55.2. The van der Waals surface area contributed by atoms with Gasteiger partial charge in [-0.05, 0) is 79.9 Å². The fourth-order valence-electron chi connectivity index (χ4n) is 8.24. The molecule has 0 N–H and O–H groups in total. The summed E-state index contributed by atoms with van der Waals surface area (Å²) in [7, 11) is -7.92. The predicted molar refractivity (Wildman–Crippen MR) is 225 cm³/mol. The number of hydrogen-bond acceptors (Lipinski definition) is 2. The summed E-state index contributed by atoms with van der Waals surface area (Å²) in [5.74, 6) is 0.582. The zero-order valence-corrected chi connectivity index (χ0v) is 30.7. The van der Waals surface area contributed by atoms with E-state index < -0.39 is 35.9 Å². The van der Waals surface area contributed by atoms with Crippen LogP contribution in [-0.2, 0) is 0 Å². The number of fused-ring (bicyclic) bond motifs is 7.